The molecule has 0 unspecified atom stereocenters. The van der Waals surface area contributed by atoms with Crippen molar-refractivity contribution in [1.82, 2.24) is 4.90 Å². The normalized spacial score (nSPS) is 15.3. The lowest BCUT2D eigenvalue weighted by atomic mass is 9.97. The van der Waals surface area contributed by atoms with Crippen molar-refractivity contribution in [2.24, 2.45) is 11.7 Å². The molecule has 0 atom stereocenters. The number of nitrogens with two attached hydrogens (primary N) is 1. The summed E-state index contributed by atoms with van der Waals surface area (Å²) in [4.78, 5) is 35.8. The maximum Gasteiger partial charge on any atom is 0.306 e. The third kappa shape index (κ3) is 4.57. The fraction of sp³-hybridized carbons (Fsp3) is 0.294. The molecule has 1 aromatic rings. The summed E-state index contributed by atoms with van der Waals surface area (Å²) >= 11 is 0. The molecule has 0 spiro atoms. The van der Waals surface area contributed by atoms with Crippen LogP contribution in [0.4, 0.5) is 5.69 Å². The number of carboxylic acids is 1. The van der Waals surface area contributed by atoms with Crippen LogP contribution < -0.4 is 11.1 Å². The van der Waals surface area contributed by atoms with E-state index in [1.165, 1.54) is 23.2 Å². The largest absolute Gasteiger partial charge is 0.481 e. The monoisotopic (exact) mass is 342 g/mol. The first-order valence-electron chi connectivity index (χ1n) is 7.71. The number of piperidine rings is 1. The van der Waals surface area contributed by atoms with Gasteiger partial charge in [0, 0.05) is 30.5 Å². The van der Waals surface area contributed by atoms with Gasteiger partial charge in [-0.15, -0.1) is 0 Å². The van der Waals surface area contributed by atoms with Gasteiger partial charge < -0.3 is 21.1 Å². The molecule has 8 nitrogen and oxygen atoms in total. The van der Waals surface area contributed by atoms with Crippen LogP contribution in [0, 0.1) is 17.2 Å². The van der Waals surface area contributed by atoms with Gasteiger partial charge in [-0.05, 0) is 37.1 Å². The van der Waals surface area contributed by atoms with Gasteiger partial charge in [0.25, 0.3) is 5.91 Å². The number of carbonyl (C=O) groups is 3. The van der Waals surface area contributed by atoms with Crippen molar-refractivity contribution >= 4 is 23.5 Å². The summed E-state index contributed by atoms with van der Waals surface area (Å²) in [5.74, 6) is -2.28. The average Bonchev–Trinajstić information content (AvgIpc) is 2.62. The first kappa shape index (κ1) is 18.0. The number of benzene rings is 1. The Balaban J connectivity index is 2.00. The molecule has 2 amide bonds. The second kappa shape index (κ2) is 7.97. The maximum absolute atomic E-state index is 12.4. The van der Waals surface area contributed by atoms with E-state index in [1.807, 2.05) is 6.07 Å². The number of carboxylic acid groups (broad SMARTS) is 1. The zero-order chi connectivity index (χ0) is 18.4. The molecule has 0 radical (unpaired) electrons. The number of hydrogen-bond donors (Lipinski definition) is 3. The van der Waals surface area contributed by atoms with Gasteiger partial charge in [-0.1, -0.05) is 0 Å². The number of anilines is 1. The zero-order valence-corrected chi connectivity index (χ0v) is 13.4. The van der Waals surface area contributed by atoms with Crippen LogP contribution in [0.3, 0.4) is 0 Å². The fourth-order valence-corrected chi connectivity index (χ4v) is 2.53. The van der Waals surface area contributed by atoms with E-state index in [9.17, 15) is 19.6 Å². The van der Waals surface area contributed by atoms with Gasteiger partial charge in [0.2, 0.25) is 5.91 Å². The summed E-state index contributed by atoms with van der Waals surface area (Å²) in [5.41, 5.74) is 6.03. The molecule has 4 N–H and O–H groups in total. The molecular weight excluding hydrogens is 324 g/mol. The van der Waals surface area contributed by atoms with Crippen molar-refractivity contribution in [3.05, 3.63) is 41.6 Å². The number of likely N-dealkylation sites (tertiary alicyclic amines) is 1. The molecule has 0 bridgehead atoms. The summed E-state index contributed by atoms with van der Waals surface area (Å²) in [6, 6.07) is 8.12. The minimum Gasteiger partial charge on any atom is -0.481 e. The molecule has 2 rings (SSSR count). The summed E-state index contributed by atoms with van der Waals surface area (Å²) < 4.78 is 0. The zero-order valence-electron chi connectivity index (χ0n) is 13.4. The number of primary amides is 1. The lowest BCUT2D eigenvalue weighted by Crippen LogP contribution is -2.40. The number of hydrogen-bond acceptors (Lipinski definition) is 5. The number of amides is 2. The van der Waals surface area contributed by atoms with Crippen LogP contribution >= 0.6 is 0 Å². The SMILES string of the molecule is N#C/C(=C/Nc1ccc(C(N)=O)cc1)C(=O)N1CCC(C(=O)O)CC1. The van der Waals surface area contributed by atoms with Gasteiger partial charge in [-0.2, -0.15) is 5.26 Å². The number of nitriles is 1. The first-order chi connectivity index (χ1) is 11.9. The number of rotatable bonds is 5. The summed E-state index contributed by atoms with van der Waals surface area (Å²) in [6.07, 6.45) is 2.05. The summed E-state index contributed by atoms with van der Waals surface area (Å²) in [6.45, 7) is 0.615. The molecule has 1 fully saturated rings. The van der Waals surface area contributed by atoms with E-state index >= 15 is 0 Å². The van der Waals surface area contributed by atoms with Crippen LogP contribution in [0.5, 0.6) is 0 Å². The van der Waals surface area contributed by atoms with Crippen LogP contribution in [0.2, 0.25) is 0 Å². The second-order valence-corrected chi connectivity index (χ2v) is 5.66. The van der Waals surface area contributed by atoms with Crippen molar-refractivity contribution in [1.29, 1.82) is 5.26 Å². The van der Waals surface area contributed by atoms with E-state index in [0.717, 1.165) is 0 Å². The van der Waals surface area contributed by atoms with Crippen molar-refractivity contribution in [2.75, 3.05) is 18.4 Å². The molecule has 1 aliphatic rings. The molecule has 1 saturated heterocycles. The topological polar surface area (TPSA) is 137 Å². The third-order valence-corrected chi connectivity index (χ3v) is 4.03. The highest BCUT2D eigenvalue weighted by molar-refractivity contribution is 5.97. The van der Waals surface area contributed by atoms with Gasteiger partial charge in [0.1, 0.15) is 11.6 Å². The van der Waals surface area contributed by atoms with Gasteiger partial charge in [-0.25, -0.2) is 0 Å². The number of nitrogens with one attached hydrogen (secondary N) is 1. The predicted molar refractivity (Wildman–Crippen MR) is 89.2 cm³/mol. The highest BCUT2D eigenvalue weighted by atomic mass is 16.4. The molecule has 1 aromatic carbocycles. The molecule has 0 saturated carbocycles. The van der Waals surface area contributed by atoms with Crippen LogP contribution in [0.1, 0.15) is 23.2 Å². The van der Waals surface area contributed by atoms with Crippen LogP contribution in [-0.4, -0.2) is 40.9 Å². The molecule has 25 heavy (non-hydrogen) atoms. The lowest BCUT2D eigenvalue weighted by Gasteiger charge is -2.29. The first-order valence-corrected chi connectivity index (χ1v) is 7.71. The Morgan fingerprint density at radius 3 is 2.32 bits per heavy atom. The third-order valence-electron chi connectivity index (χ3n) is 4.03. The Morgan fingerprint density at radius 1 is 1.24 bits per heavy atom. The maximum atomic E-state index is 12.4. The number of carbonyl (C=O) groups excluding carboxylic acids is 2. The second-order valence-electron chi connectivity index (χ2n) is 5.66. The van der Waals surface area contributed by atoms with E-state index in [1.54, 1.807) is 12.1 Å². The summed E-state index contributed by atoms with van der Waals surface area (Å²) in [7, 11) is 0. The highest BCUT2D eigenvalue weighted by Gasteiger charge is 2.28. The van der Waals surface area contributed by atoms with E-state index in [4.69, 9.17) is 10.8 Å². The van der Waals surface area contributed by atoms with E-state index in [-0.39, 0.29) is 5.57 Å². The minimum atomic E-state index is -0.857. The molecular formula is C17H18N4O4. The molecule has 130 valence electrons. The van der Waals surface area contributed by atoms with Crippen LogP contribution in [0.15, 0.2) is 36.0 Å². The summed E-state index contributed by atoms with van der Waals surface area (Å²) in [5, 5.41) is 21.0. The Hall–Kier alpha value is -3.34. The van der Waals surface area contributed by atoms with Crippen molar-refractivity contribution < 1.29 is 19.5 Å². The van der Waals surface area contributed by atoms with Crippen LogP contribution in [-0.2, 0) is 9.59 Å². The standard InChI is InChI=1S/C17H18N4O4/c18-9-13(10-20-14-3-1-11(2-4-14)15(19)22)16(23)21-7-5-12(6-8-21)17(24)25/h1-4,10,12,20H,5-8H2,(H2,19,22)(H,24,25)/b13-10-. The Labute approximate surface area is 144 Å². The molecule has 0 aliphatic carbocycles. The van der Waals surface area contributed by atoms with E-state index < -0.39 is 23.7 Å². The smallest absolute Gasteiger partial charge is 0.306 e. The van der Waals surface area contributed by atoms with E-state index in [0.29, 0.717) is 37.2 Å². The fourth-order valence-electron chi connectivity index (χ4n) is 2.53. The van der Waals surface area contributed by atoms with E-state index in [2.05, 4.69) is 5.32 Å². The molecule has 1 heterocycles. The van der Waals surface area contributed by atoms with Gasteiger partial charge >= 0.3 is 5.97 Å². The highest BCUT2D eigenvalue weighted by Crippen LogP contribution is 2.19. The number of aliphatic carboxylic acids is 1. The van der Waals surface area contributed by atoms with Gasteiger partial charge in [-0.3, -0.25) is 14.4 Å². The minimum absolute atomic E-state index is 0.0762. The Bertz CT molecular complexity index is 741. The Kier molecular flexibility index (Phi) is 5.74. The van der Waals surface area contributed by atoms with Crippen molar-refractivity contribution in [3.63, 3.8) is 0 Å². The molecule has 1 aliphatic heterocycles. The van der Waals surface area contributed by atoms with Crippen molar-refractivity contribution in [2.45, 2.75) is 12.8 Å². The predicted octanol–water partition coefficient (Wildman–Crippen LogP) is 0.928. The average molecular weight is 342 g/mol. The number of nitrogens with zero attached hydrogens (tertiary/aromatic N) is 2. The Morgan fingerprint density at radius 2 is 1.84 bits per heavy atom. The van der Waals surface area contributed by atoms with Gasteiger partial charge in [0.15, 0.2) is 0 Å². The molecule has 0 aromatic heterocycles. The van der Waals surface area contributed by atoms with Crippen molar-refractivity contribution in [3.8, 4) is 6.07 Å². The quantitative estimate of drug-likeness (QED) is 0.538. The van der Waals surface area contributed by atoms with Crippen LogP contribution in [0.25, 0.3) is 0 Å². The lowest BCUT2D eigenvalue weighted by molar-refractivity contribution is -0.145. The van der Waals surface area contributed by atoms with Gasteiger partial charge in [0.05, 0.1) is 5.92 Å². The molecule has 8 heteroatoms.